The van der Waals surface area contributed by atoms with Crippen LogP contribution in [0.4, 0.5) is 18.9 Å². The quantitative estimate of drug-likeness (QED) is 0.508. The summed E-state index contributed by atoms with van der Waals surface area (Å²) in [5.41, 5.74) is 1.81. The van der Waals surface area contributed by atoms with Gasteiger partial charge in [0.05, 0.1) is 23.1 Å². The number of carbonyl (C=O) groups is 2. The average Bonchev–Trinajstić information content (AvgIpc) is 3.31. The fourth-order valence-corrected chi connectivity index (χ4v) is 5.58. The zero-order valence-electron chi connectivity index (χ0n) is 15.2. The standard InChI is InChI=1S/C22H20F3NO2/c23-22(24,25)13-7-4-8-14(11-13)26-20(27)18-15-9-10-16(19(18)21(26)28)17(15)12-5-2-1-3-6-12/h4,7-11,15-16,18-19H,1-3,5-6H2/t15-,16-,18-,19-/m0/s1. The second kappa shape index (κ2) is 6.06. The summed E-state index contributed by atoms with van der Waals surface area (Å²) in [5, 5.41) is 0. The van der Waals surface area contributed by atoms with Gasteiger partial charge in [0, 0.05) is 11.8 Å². The van der Waals surface area contributed by atoms with Crippen molar-refractivity contribution in [3.05, 3.63) is 53.1 Å². The number of benzene rings is 1. The van der Waals surface area contributed by atoms with Crippen molar-refractivity contribution in [2.75, 3.05) is 4.90 Å². The molecule has 2 saturated carbocycles. The molecule has 3 aliphatic carbocycles. The topological polar surface area (TPSA) is 37.4 Å². The van der Waals surface area contributed by atoms with Crippen LogP contribution >= 0.6 is 0 Å². The number of rotatable bonds is 1. The first-order valence-corrected chi connectivity index (χ1v) is 9.83. The van der Waals surface area contributed by atoms with Crippen LogP contribution in [0.3, 0.4) is 0 Å². The molecule has 0 radical (unpaired) electrons. The minimum atomic E-state index is -4.52. The molecule has 4 atom stereocenters. The molecule has 1 aromatic carbocycles. The molecule has 0 N–H and O–H groups in total. The van der Waals surface area contributed by atoms with Crippen molar-refractivity contribution in [3.63, 3.8) is 0 Å². The summed E-state index contributed by atoms with van der Waals surface area (Å²) in [5.74, 6) is -1.81. The molecule has 0 aromatic heterocycles. The van der Waals surface area contributed by atoms with E-state index in [2.05, 4.69) is 0 Å². The zero-order chi connectivity index (χ0) is 19.6. The van der Waals surface area contributed by atoms with Gasteiger partial charge in [0.1, 0.15) is 0 Å². The summed E-state index contributed by atoms with van der Waals surface area (Å²) in [6.45, 7) is 0. The summed E-state index contributed by atoms with van der Waals surface area (Å²) >= 11 is 0. The number of anilines is 1. The maximum absolute atomic E-state index is 13.1. The van der Waals surface area contributed by atoms with Crippen molar-refractivity contribution in [1.82, 2.24) is 0 Å². The van der Waals surface area contributed by atoms with Gasteiger partial charge in [0.2, 0.25) is 11.8 Å². The van der Waals surface area contributed by atoms with Crippen LogP contribution in [-0.2, 0) is 15.8 Å². The number of fused-ring (bicyclic) bond motifs is 5. The van der Waals surface area contributed by atoms with E-state index >= 15 is 0 Å². The number of hydrogen-bond acceptors (Lipinski definition) is 2. The first kappa shape index (κ1) is 17.7. The van der Waals surface area contributed by atoms with Gasteiger partial charge >= 0.3 is 6.18 Å². The van der Waals surface area contributed by atoms with Crippen LogP contribution in [0.25, 0.3) is 0 Å². The molecule has 3 fully saturated rings. The maximum atomic E-state index is 13.1. The van der Waals surface area contributed by atoms with E-state index in [0.29, 0.717) is 0 Å². The van der Waals surface area contributed by atoms with E-state index in [4.69, 9.17) is 0 Å². The molecule has 0 spiro atoms. The Labute approximate surface area is 160 Å². The minimum absolute atomic E-state index is 0.0190. The monoisotopic (exact) mass is 387 g/mol. The first-order chi connectivity index (χ1) is 13.4. The number of imide groups is 1. The Hall–Kier alpha value is -2.37. The highest BCUT2D eigenvalue weighted by Gasteiger charge is 2.62. The van der Waals surface area contributed by atoms with Crippen molar-refractivity contribution in [2.24, 2.45) is 23.7 Å². The van der Waals surface area contributed by atoms with Gasteiger partial charge in [-0.25, -0.2) is 4.90 Å². The van der Waals surface area contributed by atoms with Gasteiger partial charge in [0.15, 0.2) is 0 Å². The van der Waals surface area contributed by atoms with Crippen molar-refractivity contribution >= 4 is 17.5 Å². The molecule has 2 amide bonds. The second-order valence-corrected chi connectivity index (χ2v) is 8.17. The lowest BCUT2D eigenvalue weighted by Gasteiger charge is -2.23. The largest absolute Gasteiger partial charge is 0.416 e. The van der Waals surface area contributed by atoms with Crippen LogP contribution in [0, 0.1) is 23.7 Å². The number of hydrogen-bond donors (Lipinski definition) is 0. The number of halogens is 3. The van der Waals surface area contributed by atoms with Gasteiger partial charge in [-0.05, 0) is 43.9 Å². The lowest BCUT2D eigenvalue weighted by Crippen LogP contribution is -2.33. The van der Waals surface area contributed by atoms with E-state index in [9.17, 15) is 22.8 Å². The summed E-state index contributed by atoms with van der Waals surface area (Å²) in [4.78, 5) is 27.3. The highest BCUT2D eigenvalue weighted by atomic mass is 19.4. The third-order valence-electron chi connectivity index (χ3n) is 6.71. The van der Waals surface area contributed by atoms with Crippen molar-refractivity contribution in [3.8, 4) is 0 Å². The van der Waals surface area contributed by atoms with E-state index in [1.165, 1.54) is 29.7 Å². The summed E-state index contributed by atoms with van der Waals surface area (Å²) in [7, 11) is 0. The fourth-order valence-electron chi connectivity index (χ4n) is 5.58. The molecular formula is C22H20F3NO2. The molecule has 0 unspecified atom stereocenters. The molecule has 5 rings (SSSR count). The molecule has 146 valence electrons. The fraction of sp³-hybridized carbons (Fsp3) is 0.455. The summed E-state index contributed by atoms with van der Waals surface area (Å²) < 4.78 is 39.2. The Morgan fingerprint density at radius 2 is 1.50 bits per heavy atom. The smallest absolute Gasteiger partial charge is 0.274 e. The van der Waals surface area contributed by atoms with Crippen LogP contribution in [0.1, 0.15) is 37.7 Å². The first-order valence-electron chi connectivity index (χ1n) is 9.83. The Morgan fingerprint density at radius 1 is 0.893 bits per heavy atom. The van der Waals surface area contributed by atoms with Crippen LogP contribution in [0.2, 0.25) is 0 Å². The molecule has 2 bridgehead atoms. The van der Waals surface area contributed by atoms with Crippen LogP contribution in [0.15, 0.2) is 47.6 Å². The lowest BCUT2D eigenvalue weighted by atomic mass is 9.85. The number of nitrogens with zero attached hydrogens (tertiary/aromatic N) is 1. The highest BCUT2D eigenvalue weighted by Crippen LogP contribution is 2.58. The number of carbonyl (C=O) groups excluding carboxylic acids is 2. The Balaban J connectivity index is 1.51. The predicted octanol–water partition coefficient (Wildman–Crippen LogP) is 4.89. The Kier molecular flexibility index (Phi) is 3.83. The second-order valence-electron chi connectivity index (χ2n) is 8.17. The Bertz CT molecular complexity index is 888. The third-order valence-corrected chi connectivity index (χ3v) is 6.71. The normalized spacial score (nSPS) is 31.9. The summed E-state index contributed by atoms with van der Waals surface area (Å²) in [6, 6.07) is 4.50. The van der Waals surface area contributed by atoms with E-state index in [0.717, 1.165) is 42.7 Å². The molecular weight excluding hydrogens is 367 g/mol. The van der Waals surface area contributed by atoms with Gasteiger partial charge in [-0.15, -0.1) is 0 Å². The number of allylic oxidation sites excluding steroid dienone is 4. The number of alkyl halides is 3. The van der Waals surface area contributed by atoms with Crippen LogP contribution < -0.4 is 4.90 Å². The predicted molar refractivity (Wildman–Crippen MR) is 97.1 cm³/mol. The molecule has 1 heterocycles. The molecule has 1 aromatic rings. The van der Waals surface area contributed by atoms with Crippen LogP contribution in [-0.4, -0.2) is 11.8 Å². The minimum Gasteiger partial charge on any atom is -0.274 e. The van der Waals surface area contributed by atoms with Crippen molar-refractivity contribution < 1.29 is 22.8 Å². The van der Waals surface area contributed by atoms with Gasteiger partial charge in [-0.2, -0.15) is 13.2 Å². The summed E-state index contributed by atoms with van der Waals surface area (Å²) in [6.07, 6.45) is 5.11. The highest BCUT2D eigenvalue weighted by molar-refractivity contribution is 6.23. The van der Waals surface area contributed by atoms with Gasteiger partial charge in [-0.3, -0.25) is 9.59 Å². The molecule has 28 heavy (non-hydrogen) atoms. The average molecular weight is 387 g/mol. The lowest BCUT2D eigenvalue weighted by molar-refractivity contribution is -0.137. The molecule has 1 aliphatic heterocycles. The molecule has 4 aliphatic rings. The van der Waals surface area contributed by atoms with Crippen molar-refractivity contribution in [1.29, 1.82) is 0 Å². The van der Waals surface area contributed by atoms with Gasteiger partial charge in [-0.1, -0.05) is 35.8 Å². The van der Waals surface area contributed by atoms with Crippen LogP contribution in [0.5, 0.6) is 0 Å². The third kappa shape index (κ3) is 2.43. The van der Waals surface area contributed by atoms with E-state index in [-0.39, 0.29) is 29.3 Å². The zero-order valence-corrected chi connectivity index (χ0v) is 15.2. The SMILES string of the molecule is O=C1[C@@H]2[C@@H](C(=O)N1c1cccc(C(F)(F)F)c1)[C@H]1C=C[C@H]2C1=C1CCCCC1. The van der Waals surface area contributed by atoms with Gasteiger partial charge < -0.3 is 0 Å². The Morgan fingerprint density at radius 3 is 2.07 bits per heavy atom. The molecule has 3 nitrogen and oxygen atoms in total. The van der Waals surface area contributed by atoms with Gasteiger partial charge in [0.25, 0.3) is 0 Å². The van der Waals surface area contributed by atoms with E-state index in [1.54, 1.807) is 0 Å². The molecule has 6 heteroatoms. The molecule has 1 saturated heterocycles. The van der Waals surface area contributed by atoms with E-state index < -0.39 is 23.6 Å². The van der Waals surface area contributed by atoms with Crippen molar-refractivity contribution in [2.45, 2.75) is 38.3 Å². The maximum Gasteiger partial charge on any atom is 0.416 e. The number of amides is 2. The van der Waals surface area contributed by atoms with E-state index in [1.807, 2.05) is 12.2 Å².